The zero-order chi connectivity index (χ0) is 21.3. The van der Waals surface area contributed by atoms with Crippen LogP contribution in [0.5, 0.6) is 0 Å². The van der Waals surface area contributed by atoms with Gasteiger partial charge in [-0.1, -0.05) is 71.1 Å². The van der Waals surface area contributed by atoms with Crippen molar-refractivity contribution in [3.05, 3.63) is 0 Å². The van der Waals surface area contributed by atoms with E-state index in [9.17, 15) is 13.0 Å². The molecule has 0 saturated carbocycles. The van der Waals surface area contributed by atoms with Crippen molar-refractivity contribution < 1.29 is 27.2 Å². The summed E-state index contributed by atoms with van der Waals surface area (Å²) in [4.78, 5) is 0. The monoisotopic (exact) mass is 424 g/mol. The molecule has 7 heteroatoms. The maximum atomic E-state index is 11.9. The summed E-state index contributed by atoms with van der Waals surface area (Å²) in [7, 11) is -4.20. The van der Waals surface area contributed by atoms with Crippen LogP contribution in [0.25, 0.3) is 0 Å². The van der Waals surface area contributed by atoms with Gasteiger partial charge in [0.05, 0.1) is 5.25 Å². The van der Waals surface area contributed by atoms with E-state index in [1.807, 2.05) is 0 Å². The van der Waals surface area contributed by atoms with Crippen molar-refractivity contribution in [3.63, 3.8) is 0 Å². The van der Waals surface area contributed by atoms with Crippen LogP contribution in [0.15, 0.2) is 0 Å². The molecule has 28 heavy (non-hydrogen) atoms. The molecule has 0 aliphatic carbocycles. The van der Waals surface area contributed by atoms with Crippen LogP contribution in [0.4, 0.5) is 0 Å². The first-order valence-electron chi connectivity index (χ1n) is 11.2. The van der Waals surface area contributed by atoms with Gasteiger partial charge >= 0.3 is 0 Å². The van der Waals surface area contributed by atoms with Gasteiger partial charge < -0.3 is 14.2 Å². The van der Waals surface area contributed by atoms with Gasteiger partial charge in [-0.25, -0.2) is 0 Å². The molecule has 0 aromatic heterocycles. The molecule has 0 aromatic rings. The first kappa shape index (κ1) is 27.8. The second-order valence-electron chi connectivity index (χ2n) is 7.29. The van der Waals surface area contributed by atoms with E-state index in [2.05, 4.69) is 6.92 Å². The molecule has 0 radical (unpaired) electrons. The van der Waals surface area contributed by atoms with Gasteiger partial charge in [-0.15, -0.1) is 0 Å². The highest BCUT2D eigenvalue weighted by atomic mass is 32.2. The second kappa shape index (κ2) is 16.6. The third-order valence-electron chi connectivity index (χ3n) is 4.87. The smallest absolute Gasteiger partial charge is 0.284 e. The number of hydrogen-bond donors (Lipinski definition) is 1. The largest absolute Gasteiger partial charge is 0.328 e. The van der Waals surface area contributed by atoms with Crippen molar-refractivity contribution in [1.29, 1.82) is 0 Å². The Bertz CT molecular complexity index is 435. The molecule has 0 aliphatic heterocycles. The van der Waals surface area contributed by atoms with Gasteiger partial charge in [0.15, 0.2) is 0 Å². The maximum absolute atomic E-state index is 11.9. The Morgan fingerprint density at radius 2 is 1.11 bits per heavy atom. The fourth-order valence-corrected chi connectivity index (χ4v) is 4.34. The lowest BCUT2D eigenvalue weighted by Gasteiger charge is -2.34. The van der Waals surface area contributed by atoms with Gasteiger partial charge in [0.2, 0.25) is 0 Å². The fraction of sp³-hybridized carbons (Fsp3) is 1.00. The summed E-state index contributed by atoms with van der Waals surface area (Å²) in [5.41, 5.74) is 0. The van der Waals surface area contributed by atoms with Crippen molar-refractivity contribution in [2.24, 2.45) is 0 Å². The lowest BCUT2D eigenvalue weighted by molar-refractivity contribution is -0.379. The molecule has 0 aromatic carbocycles. The van der Waals surface area contributed by atoms with Gasteiger partial charge in [-0.2, -0.15) is 8.42 Å². The molecular formula is C21H44O6S. The van der Waals surface area contributed by atoms with E-state index in [4.69, 9.17) is 14.2 Å². The molecule has 1 N–H and O–H groups in total. The SMILES string of the molecule is CCCCCCCCCCCCC(CC(OCC)(OCC)OCC)S(=O)(=O)O. The number of ether oxygens (including phenoxy) is 3. The van der Waals surface area contributed by atoms with E-state index in [0.717, 1.165) is 19.3 Å². The molecule has 0 heterocycles. The number of unbranched alkanes of at least 4 members (excludes halogenated alkanes) is 9. The quantitative estimate of drug-likeness (QED) is 0.153. The summed E-state index contributed by atoms with van der Waals surface area (Å²) in [6.07, 6.45) is 12.1. The number of rotatable bonds is 20. The zero-order valence-electron chi connectivity index (χ0n) is 18.6. The molecule has 0 saturated heterocycles. The van der Waals surface area contributed by atoms with Gasteiger partial charge in [-0.05, 0) is 27.2 Å². The molecule has 1 atom stereocenters. The highest BCUT2D eigenvalue weighted by Crippen LogP contribution is 2.28. The van der Waals surface area contributed by atoms with Gasteiger partial charge in [-0.3, -0.25) is 4.55 Å². The predicted molar refractivity (Wildman–Crippen MR) is 114 cm³/mol. The Balaban J connectivity index is 4.44. The van der Waals surface area contributed by atoms with Crippen LogP contribution in [0.2, 0.25) is 0 Å². The van der Waals surface area contributed by atoms with Crippen molar-refractivity contribution in [2.45, 2.75) is 116 Å². The van der Waals surface area contributed by atoms with Gasteiger partial charge in [0.1, 0.15) is 0 Å². The van der Waals surface area contributed by atoms with E-state index in [1.54, 1.807) is 20.8 Å². The summed E-state index contributed by atoms with van der Waals surface area (Å²) in [6.45, 7) is 8.62. The summed E-state index contributed by atoms with van der Waals surface area (Å²) >= 11 is 0. The summed E-state index contributed by atoms with van der Waals surface area (Å²) < 4.78 is 50.3. The normalized spacial score (nSPS) is 13.8. The van der Waals surface area contributed by atoms with Crippen molar-refractivity contribution in [3.8, 4) is 0 Å². The Labute approximate surface area is 173 Å². The topological polar surface area (TPSA) is 82.1 Å². The Kier molecular flexibility index (Phi) is 16.4. The highest BCUT2D eigenvalue weighted by molar-refractivity contribution is 7.86. The molecule has 170 valence electrons. The van der Waals surface area contributed by atoms with Crippen molar-refractivity contribution in [2.75, 3.05) is 19.8 Å². The van der Waals surface area contributed by atoms with Crippen LogP contribution in [-0.2, 0) is 24.3 Å². The third-order valence-corrected chi connectivity index (χ3v) is 6.12. The van der Waals surface area contributed by atoms with Gasteiger partial charge in [0.25, 0.3) is 16.1 Å². The maximum Gasteiger partial charge on any atom is 0.284 e. The average molecular weight is 425 g/mol. The highest BCUT2D eigenvalue weighted by Gasteiger charge is 2.40. The summed E-state index contributed by atoms with van der Waals surface area (Å²) in [5.74, 6) is -1.42. The Morgan fingerprint density at radius 1 is 0.714 bits per heavy atom. The van der Waals surface area contributed by atoms with E-state index in [-0.39, 0.29) is 6.42 Å². The Morgan fingerprint density at radius 3 is 1.46 bits per heavy atom. The standard InChI is InChI=1S/C21H44O6S/c1-5-9-10-11-12-13-14-15-16-17-18-20(28(22,23)24)19-21(25-6-2,26-7-3)27-8-4/h20H,5-19H2,1-4H3,(H,22,23,24). The molecule has 0 aliphatic rings. The fourth-order valence-electron chi connectivity index (χ4n) is 3.46. The molecule has 0 amide bonds. The van der Waals surface area contributed by atoms with Crippen LogP contribution in [-0.4, -0.2) is 44.0 Å². The van der Waals surface area contributed by atoms with Gasteiger partial charge in [0, 0.05) is 26.2 Å². The van der Waals surface area contributed by atoms with Crippen molar-refractivity contribution in [1.82, 2.24) is 0 Å². The second-order valence-corrected chi connectivity index (χ2v) is 8.99. The van der Waals surface area contributed by atoms with E-state index >= 15 is 0 Å². The minimum atomic E-state index is -4.20. The van der Waals surface area contributed by atoms with Crippen LogP contribution >= 0.6 is 0 Å². The minimum Gasteiger partial charge on any atom is -0.328 e. The van der Waals surface area contributed by atoms with Crippen LogP contribution in [0.3, 0.4) is 0 Å². The van der Waals surface area contributed by atoms with E-state index in [0.29, 0.717) is 26.2 Å². The molecule has 1 unspecified atom stereocenters. The summed E-state index contributed by atoms with van der Waals surface area (Å²) in [6, 6.07) is 0. The minimum absolute atomic E-state index is 0.0290. The first-order valence-corrected chi connectivity index (χ1v) is 12.7. The predicted octanol–water partition coefficient (Wildman–Crippen LogP) is 5.71. The molecule has 0 rings (SSSR count). The summed E-state index contributed by atoms with van der Waals surface area (Å²) in [5, 5.41) is -0.953. The zero-order valence-corrected chi connectivity index (χ0v) is 19.4. The van der Waals surface area contributed by atoms with Crippen molar-refractivity contribution >= 4 is 10.1 Å². The lowest BCUT2D eigenvalue weighted by Crippen LogP contribution is -2.44. The van der Waals surface area contributed by atoms with Crippen LogP contribution < -0.4 is 0 Å². The lowest BCUT2D eigenvalue weighted by atomic mass is 10.0. The molecule has 6 nitrogen and oxygen atoms in total. The van der Waals surface area contributed by atoms with Crippen LogP contribution in [0.1, 0.15) is 105 Å². The third kappa shape index (κ3) is 13.1. The molecule has 0 fully saturated rings. The van der Waals surface area contributed by atoms with E-state index < -0.39 is 21.3 Å². The molecule has 0 spiro atoms. The molecular weight excluding hydrogens is 380 g/mol. The van der Waals surface area contributed by atoms with E-state index in [1.165, 1.54) is 44.9 Å². The van der Waals surface area contributed by atoms with Crippen LogP contribution in [0, 0.1) is 0 Å². The average Bonchev–Trinajstić information content (AvgIpc) is 2.62. The molecule has 0 bridgehead atoms. The number of hydrogen-bond acceptors (Lipinski definition) is 5. The first-order chi connectivity index (χ1) is 13.3. The Hall–Kier alpha value is -0.210.